The van der Waals surface area contributed by atoms with E-state index in [2.05, 4.69) is 21.2 Å². The Morgan fingerprint density at radius 1 is 1.69 bits per heavy atom. The molecule has 0 spiro atoms. The van der Waals surface area contributed by atoms with Crippen molar-refractivity contribution in [1.82, 2.24) is 9.97 Å². The average molecular weight is 198 g/mol. The van der Waals surface area contributed by atoms with Gasteiger partial charge in [0.15, 0.2) is 16.7 Å². The normalized spacial score (nSPS) is 9.00. The lowest BCUT2D eigenvalue weighted by atomic mass is 10.5. The average Bonchev–Trinajstić information content (AvgIpc) is 2.15. The van der Waals surface area contributed by atoms with Gasteiger partial charge in [-0.25, -0.2) is 9.97 Å². The summed E-state index contributed by atoms with van der Waals surface area (Å²) < 4.78 is 4.99. The number of rotatable bonds is 3. The Morgan fingerprint density at radius 2 is 2.46 bits per heavy atom. The van der Waals surface area contributed by atoms with Gasteiger partial charge >= 0.3 is 0 Å². The van der Waals surface area contributed by atoms with Crippen LogP contribution in [0.4, 0.5) is 5.82 Å². The molecule has 1 N–H and O–H groups in total. The van der Waals surface area contributed by atoms with Crippen LogP contribution >= 0.6 is 11.6 Å². The maximum Gasteiger partial charge on any atom is 0.198 e. The molecule has 1 rings (SSSR count). The van der Waals surface area contributed by atoms with E-state index in [4.69, 9.17) is 22.8 Å². The number of nitrogens with zero attached hydrogens (tertiary/aromatic N) is 2. The van der Waals surface area contributed by atoms with E-state index in [1.165, 1.54) is 13.4 Å². The van der Waals surface area contributed by atoms with Crippen molar-refractivity contribution in [1.29, 1.82) is 0 Å². The Kier molecular flexibility index (Phi) is 3.35. The van der Waals surface area contributed by atoms with Crippen LogP contribution in [0.5, 0.6) is 5.75 Å². The fourth-order valence-electron chi connectivity index (χ4n) is 0.794. The molecule has 0 unspecified atom stereocenters. The predicted molar refractivity (Wildman–Crippen MR) is 50.9 cm³/mol. The first-order chi connectivity index (χ1) is 6.29. The lowest BCUT2D eigenvalue weighted by Crippen LogP contribution is -2.04. The Morgan fingerprint density at radius 3 is 3.08 bits per heavy atom. The van der Waals surface area contributed by atoms with Gasteiger partial charge < -0.3 is 10.1 Å². The number of aromatic nitrogens is 2. The van der Waals surface area contributed by atoms with Crippen molar-refractivity contribution in [2.24, 2.45) is 0 Å². The summed E-state index contributed by atoms with van der Waals surface area (Å²) in [6, 6.07) is 0. The molecule has 0 aliphatic rings. The minimum atomic E-state index is 0.261. The van der Waals surface area contributed by atoms with Gasteiger partial charge in [-0.2, -0.15) is 0 Å². The highest BCUT2D eigenvalue weighted by Gasteiger charge is 2.08. The van der Waals surface area contributed by atoms with E-state index >= 15 is 0 Å². The lowest BCUT2D eigenvalue weighted by Gasteiger charge is -2.07. The molecular weight excluding hydrogens is 190 g/mol. The highest BCUT2D eigenvalue weighted by molar-refractivity contribution is 6.31. The molecule has 0 atom stereocenters. The molecule has 0 fully saturated rings. The Labute approximate surface area is 81.3 Å². The van der Waals surface area contributed by atoms with Crippen LogP contribution in [0.25, 0.3) is 0 Å². The van der Waals surface area contributed by atoms with Crippen LogP contribution in [-0.4, -0.2) is 23.6 Å². The minimum Gasteiger partial charge on any atom is -0.490 e. The summed E-state index contributed by atoms with van der Waals surface area (Å²) >= 11 is 5.74. The number of halogens is 1. The third-order valence-electron chi connectivity index (χ3n) is 1.32. The first-order valence-corrected chi connectivity index (χ1v) is 3.89. The Hall–Kier alpha value is -1.47. The number of nitrogens with one attached hydrogen (secondary N) is 1. The summed E-state index contributed by atoms with van der Waals surface area (Å²) in [6.45, 7) is 0.365. The summed E-state index contributed by atoms with van der Waals surface area (Å²) in [4.78, 5) is 7.68. The van der Waals surface area contributed by atoms with Gasteiger partial charge in [0.25, 0.3) is 0 Å². The molecule has 4 nitrogen and oxygen atoms in total. The number of methoxy groups -OCH3 is 1. The van der Waals surface area contributed by atoms with Crippen molar-refractivity contribution >= 4 is 17.4 Å². The smallest absolute Gasteiger partial charge is 0.198 e. The highest BCUT2D eigenvalue weighted by Crippen LogP contribution is 2.27. The topological polar surface area (TPSA) is 47.0 Å². The molecule has 0 amide bonds. The second-order valence-corrected chi connectivity index (χ2v) is 2.46. The molecule has 0 aliphatic carbocycles. The standard InChI is InChI=1S/C8H8ClN3O/c1-3-4-10-8-6(13-2)7(9)11-5-12-8/h1,5H,4H2,2H3,(H,10,11,12). The quantitative estimate of drug-likeness (QED) is 0.584. The molecule has 1 aromatic rings. The molecule has 68 valence electrons. The summed E-state index contributed by atoms with van der Waals surface area (Å²) in [5.41, 5.74) is 0. The van der Waals surface area contributed by atoms with Gasteiger partial charge in [0.2, 0.25) is 0 Å². The third kappa shape index (κ3) is 2.23. The van der Waals surface area contributed by atoms with Crippen molar-refractivity contribution in [3.8, 4) is 18.1 Å². The molecule has 13 heavy (non-hydrogen) atoms. The summed E-state index contributed by atoms with van der Waals surface area (Å²) in [7, 11) is 1.49. The zero-order valence-electron chi connectivity index (χ0n) is 7.04. The van der Waals surface area contributed by atoms with Gasteiger partial charge in [0.1, 0.15) is 6.33 Å². The lowest BCUT2D eigenvalue weighted by molar-refractivity contribution is 0.413. The Bertz CT molecular complexity index is 335. The van der Waals surface area contributed by atoms with Crippen LogP contribution in [0, 0.1) is 12.3 Å². The van der Waals surface area contributed by atoms with E-state index < -0.39 is 0 Å². The predicted octanol–water partition coefficient (Wildman–Crippen LogP) is 1.18. The van der Waals surface area contributed by atoms with Crippen LogP contribution < -0.4 is 10.1 Å². The molecule has 0 saturated heterocycles. The second kappa shape index (κ2) is 4.53. The van der Waals surface area contributed by atoms with Crippen molar-refractivity contribution in [2.45, 2.75) is 0 Å². The summed E-state index contributed by atoms with van der Waals surface area (Å²) in [6.07, 6.45) is 6.41. The SMILES string of the molecule is C#CCNc1ncnc(Cl)c1OC. The number of hydrogen-bond donors (Lipinski definition) is 1. The second-order valence-electron chi connectivity index (χ2n) is 2.10. The van der Waals surface area contributed by atoms with Crippen LogP contribution in [-0.2, 0) is 0 Å². The van der Waals surface area contributed by atoms with Gasteiger partial charge in [-0.3, -0.25) is 0 Å². The fourth-order valence-corrected chi connectivity index (χ4v) is 1.00. The molecule has 0 saturated carbocycles. The van der Waals surface area contributed by atoms with Crippen LogP contribution in [0.2, 0.25) is 5.15 Å². The van der Waals surface area contributed by atoms with Crippen LogP contribution in [0.3, 0.4) is 0 Å². The Balaban J connectivity index is 2.93. The first kappa shape index (κ1) is 9.62. The van der Waals surface area contributed by atoms with E-state index in [0.29, 0.717) is 18.1 Å². The van der Waals surface area contributed by atoms with Gasteiger partial charge in [0, 0.05) is 0 Å². The van der Waals surface area contributed by atoms with Gasteiger partial charge in [0.05, 0.1) is 13.7 Å². The monoisotopic (exact) mass is 197 g/mol. The number of ether oxygens (including phenoxy) is 1. The van der Waals surface area contributed by atoms with E-state index in [1.807, 2.05) is 0 Å². The fraction of sp³-hybridized carbons (Fsp3) is 0.250. The molecule has 1 heterocycles. The van der Waals surface area contributed by atoms with Crippen molar-refractivity contribution in [3.05, 3.63) is 11.5 Å². The third-order valence-corrected chi connectivity index (χ3v) is 1.59. The van der Waals surface area contributed by atoms with E-state index in [1.54, 1.807) is 0 Å². The number of anilines is 1. The van der Waals surface area contributed by atoms with Crippen LogP contribution in [0.1, 0.15) is 0 Å². The molecule has 5 heteroatoms. The van der Waals surface area contributed by atoms with Crippen molar-refractivity contribution in [3.63, 3.8) is 0 Å². The van der Waals surface area contributed by atoms with Crippen LogP contribution in [0.15, 0.2) is 6.33 Å². The summed E-state index contributed by atoms with van der Waals surface area (Å²) in [5.74, 6) is 3.32. The molecule has 0 bridgehead atoms. The minimum absolute atomic E-state index is 0.261. The maximum absolute atomic E-state index is 5.74. The molecule has 0 radical (unpaired) electrons. The van der Waals surface area contributed by atoms with Crippen molar-refractivity contribution < 1.29 is 4.74 Å². The molecule has 0 aromatic carbocycles. The molecule has 1 aromatic heterocycles. The molecule has 0 aliphatic heterocycles. The van der Waals surface area contributed by atoms with Gasteiger partial charge in [-0.15, -0.1) is 6.42 Å². The van der Waals surface area contributed by atoms with Gasteiger partial charge in [-0.1, -0.05) is 17.5 Å². The van der Waals surface area contributed by atoms with E-state index in [9.17, 15) is 0 Å². The highest BCUT2D eigenvalue weighted by atomic mass is 35.5. The largest absolute Gasteiger partial charge is 0.490 e. The van der Waals surface area contributed by atoms with E-state index in [0.717, 1.165) is 0 Å². The molecular formula is C8H8ClN3O. The number of terminal acetylenes is 1. The maximum atomic E-state index is 5.74. The van der Waals surface area contributed by atoms with Crippen molar-refractivity contribution in [2.75, 3.05) is 19.0 Å². The summed E-state index contributed by atoms with van der Waals surface area (Å²) in [5, 5.41) is 3.12. The van der Waals surface area contributed by atoms with Gasteiger partial charge in [-0.05, 0) is 0 Å². The first-order valence-electron chi connectivity index (χ1n) is 3.51. The number of hydrogen-bond acceptors (Lipinski definition) is 4. The zero-order chi connectivity index (χ0) is 9.68. The van der Waals surface area contributed by atoms with E-state index in [-0.39, 0.29) is 5.15 Å². The zero-order valence-corrected chi connectivity index (χ0v) is 7.80.